The van der Waals surface area contributed by atoms with E-state index >= 15 is 0 Å². The molecule has 0 aromatic carbocycles. The first-order valence-electron chi connectivity index (χ1n) is 4.12. The average Bonchev–Trinajstić information content (AvgIpc) is 2.02. The SMILES string of the molecule is CNC(=O)CC(C)C.O=C(O)C(F)(F)F. The zero-order chi connectivity index (χ0) is 12.6. The first kappa shape index (κ1) is 16.2. The van der Waals surface area contributed by atoms with Crippen molar-refractivity contribution in [3.05, 3.63) is 0 Å². The molecule has 2 N–H and O–H groups in total. The minimum absolute atomic E-state index is 0.125. The zero-order valence-corrected chi connectivity index (χ0v) is 8.68. The van der Waals surface area contributed by atoms with E-state index < -0.39 is 12.1 Å². The van der Waals surface area contributed by atoms with Gasteiger partial charge in [0.1, 0.15) is 0 Å². The van der Waals surface area contributed by atoms with Gasteiger partial charge in [-0.25, -0.2) is 4.79 Å². The highest BCUT2D eigenvalue weighted by atomic mass is 19.4. The van der Waals surface area contributed by atoms with Crippen molar-refractivity contribution in [3.8, 4) is 0 Å². The van der Waals surface area contributed by atoms with Gasteiger partial charge in [0.25, 0.3) is 0 Å². The maximum atomic E-state index is 10.6. The fourth-order valence-electron chi connectivity index (χ4n) is 0.473. The van der Waals surface area contributed by atoms with E-state index in [-0.39, 0.29) is 5.91 Å². The lowest BCUT2D eigenvalue weighted by Gasteiger charge is -2.00. The number of halogens is 3. The van der Waals surface area contributed by atoms with Crippen LogP contribution < -0.4 is 5.32 Å². The smallest absolute Gasteiger partial charge is 0.475 e. The van der Waals surface area contributed by atoms with Crippen molar-refractivity contribution < 1.29 is 27.9 Å². The van der Waals surface area contributed by atoms with E-state index in [0.717, 1.165) is 0 Å². The van der Waals surface area contributed by atoms with Gasteiger partial charge in [0.05, 0.1) is 0 Å². The number of nitrogens with one attached hydrogen (secondary N) is 1. The molecule has 0 spiro atoms. The molecule has 0 bridgehead atoms. The number of aliphatic carboxylic acids is 1. The van der Waals surface area contributed by atoms with Gasteiger partial charge in [-0.3, -0.25) is 4.79 Å². The Morgan fingerprint density at radius 1 is 1.33 bits per heavy atom. The fourth-order valence-corrected chi connectivity index (χ4v) is 0.473. The Morgan fingerprint density at radius 3 is 1.73 bits per heavy atom. The quantitative estimate of drug-likeness (QED) is 0.752. The number of rotatable bonds is 2. The highest BCUT2D eigenvalue weighted by Crippen LogP contribution is 2.13. The second-order valence-electron chi connectivity index (χ2n) is 3.07. The summed E-state index contributed by atoms with van der Waals surface area (Å²) in [4.78, 5) is 19.4. The van der Waals surface area contributed by atoms with Gasteiger partial charge in [-0.05, 0) is 5.92 Å². The largest absolute Gasteiger partial charge is 0.490 e. The van der Waals surface area contributed by atoms with Crippen LogP contribution in [0.4, 0.5) is 13.2 Å². The number of alkyl halides is 3. The Hall–Kier alpha value is -1.27. The van der Waals surface area contributed by atoms with E-state index in [4.69, 9.17) is 9.90 Å². The summed E-state index contributed by atoms with van der Waals surface area (Å²) in [7, 11) is 1.66. The van der Waals surface area contributed by atoms with Gasteiger partial charge in [0.2, 0.25) is 5.91 Å². The number of amides is 1. The molecule has 1 amide bonds. The molecule has 0 aliphatic heterocycles. The van der Waals surface area contributed by atoms with E-state index in [9.17, 15) is 18.0 Å². The zero-order valence-electron chi connectivity index (χ0n) is 8.68. The van der Waals surface area contributed by atoms with Gasteiger partial charge >= 0.3 is 12.1 Å². The van der Waals surface area contributed by atoms with Gasteiger partial charge in [0, 0.05) is 13.5 Å². The predicted octanol–water partition coefficient (Wildman–Crippen LogP) is 1.41. The minimum atomic E-state index is -5.08. The van der Waals surface area contributed by atoms with Gasteiger partial charge in [0.15, 0.2) is 0 Å². The molecule has 7 heteroatoms. The lowest BCUT2D eigenvalue weighted by atomic mass is 10.1. The van der Waals surface area contributed by atoms with Gasteiger partial charge in [-0.15, -0.1) is 0 Å². The Kier molecular flexibility index (Phi) is 7.63. The third-order valence-electron chi connectivity index (χ3n) is 1.11. The molecule has 0 rings (SSSR count). The Labute approximate surface area is 85.5 Å². The van der Waals surface area contributed by atoms with E-state index in [0.29, 0.717) is 12.3 Å². The first-order valence-corrected chi connectivity index (χ1v) is 4.12. The molecular formula is C8H14F3NO3. The van der Waals surface area contributed by atoms with Crippen molar-refractivity contribution in [2.24, 2.45) is 5.92 Å². The van der Waals surface area contributed by atoms with Gasteiger partial charge < -0.3 is 10.4 Å². The van der Waals surface area contributed by atoms with Gasteiger partial charge in [-0.1, -0.05) is 13.8 Å². The van der Waals surface area contributed by atoms with E-state index in [1.807, 2.05) is 13.8 Å². The number of carbonyl (C=O) groups is 2. The van der Waals surface area contributed by atoms with Crippen LogP contribution in [-0.4, -0.2) is 30.2 Å². The van der Waals surface area contributed by atoms with Crippen LogP contribution in [-0.2, 0) is 9.59 Å². The van der Waals surface area contributed by atoms with Crippen LogP contribution in [0, 0.1) is 5.92 Å². The van der Waals surface area contributed by atoms with E-state index in [2.05, 4.69) is 5.32 Å². The molecule has 0 atom stereocenters. The maximum absolute atomic E-state index is 10.6. The highest BCUT2D eigenvalue weighted by Gasteiger charge is 2.38. The third kappa shape index (κ3) is 12.7. The first-order chi connectivity index (χ1) is 6.61. The molecule has 0 fully saturated rings. The lowest BCUT2D eigenvalue weighted by Crippen LogP contribution is -2.21. The molecule has 0 aliphatic rings. The summed E-state index contributed by atoms with van der Waals surface area (Å²) in [5.74, 6) is -2.16. The van der Waals surface area contributed by atoms with Gasteiger partial charge in [-0.2, -0.15) is 13.2 Å². The molecule has 15 heavy (non-hydrogen) atoms. The molecule has 0 saturated heterocycles. The lowest BCUT2D eigenvalue weighted by molar-refractivity contribution is -0.192. The summed E-state index contributed by atoms with van der Waals surface area (Å²) in [5, 5.41) is 9.68. The summed E-state index contributed by atoms with van der Waals surface area (Å²) in [6.07, 6.45) is -4.45. The molecule has 0 aromatic rings. The molecule has 0 heterocycles. The second kappa shape index (κ2) is 7.08. The predicted molar refractivity (Wildman–Crippen MR) is 47.2 cm³/mol. The van der Waals surface area contributed by atoms with E-state index in [1.165, 1.54) is 0 Å². The van der Waals surface area contributed by atoms with Crippen LogP contribution in [0.2, 0.25) is 0 Å². The third-order valence-corrected chi connectivity index (χ3v) is 1.11. The van der Waals surface area contributed by atoms with Crippen LogP contribution in [0.3, 0.4) is 0 Å². The second-order valence-corrected chi connectivity index (χ2v) is 3.07. The topological polar surface area (TPSA) is 66.4 Å². The number of hydrogen-bond donors (Lipinski definition) is 2. The van der Waals surface area contributed by atoms with Crippen molar-refractivity contribution in [1.29, 1.82) is 0 Å². The normalized spacial score (nSPS) is 10.3. The van der Waals surface area contributed by atoms with Crippen LogP contribution in [0.1, 0.15) is 20.3 Å². The molecule has 4 nitrogen and oxygen atoms in total. The number of carboxylic acids is 1. The molecule has 0 aromatic heterocycles. The van der Waals surface area contributed by atoms with Crippen LogP contribution in [0.15, 0.2) is 0 Å². The number of carbonyl (C=O) groups excluding carboxylic acids is 1. The minimum Gasteiger partial charge on any atom is -0.475 e. The molecule has 0 saturated carbocycles. The summed E-state index contributed by atoms with van der Waals surface area (Å²) in [6, 6.07) is 0. The summed E-state index contributed by atoms with van der Waals surface area (Å²) in [5.41, 5.74) is 0. The Balaban J connectivity index is 0. The van der Waals surface area contributed by atoms with Crippen LogP contribution >= 0.6 is 0 Å². The molecule has 0 radical (unpaired) electrons. The monoisotopic (exact) mass is 229 g/mol. The maximum Gasteiger partial charge on any atom is 0.490 e. The molecular weight excluding hydrogens is 215 g/mol. The van der Waals surface area contributed by atoms with E-state index in [1.54, 1.807) is 7.05 Å². The molecule has 0 unspecified atom stereocenters. The average molecular weight is 229 g/mol. The van der Waals surface area contributed by atoms with Crippen molar-refractivity contribution in [1.82, 2.24) is 5.32 Å². The highest BCUT2D eigenvalue weighted by molar-refractivity contribution is 5.75. The van der Waals surface area contributed by atoms with Crippen LogP contribution in [0.25, 0.3) is 0 Å². The van der Waals surface area contributed by atoms with Crippen molar-refractivity contribution in [3.63, 3.8) is 0 Å². The Morgan fingerprint density at radius 2 is 1.67 bits per heavy atom. The molecule has 0 aliphatic carbocycles. The van der Waals surface area contributed by atoms with Crippen molar-refractivity contribution >= 4 is 11.9 Å². The fraction of sp³-hybridized carbons (Fsp3) is 0.750. The van der Waals surface area contributed by atoms with Crippen LogP contribution in [0.5, 0.6) is 0 Å². The summed E-state index contributed by atoms with van der Waals surface area (Å²) >= 11 is 0. The Bertz CT molecular complexity index is 214. The molecule has 90 valence electrons. The van der Waals surface area contributed by atoms with Crippen molar-refractivity contribution in [2.75, 3.05) is 7.05 Å². The standard InChI is InChI=1S/C6H13NO.C2HF3O2/c1-5(2)4-6(8)7-3;3-2(4,5)1(6)7/h5H,4H2,1-3H3,(H,7,8);(H,6,7). The summed E-state index contributed by atoms with van der Waals surface area (Å²) < 4.78 is 31.7. The van der Waals surface area contributed by atoms with Crippen molar-refractivity contribution in [2.45, 2.75) is 26.4 Å². The number of carboxylic acid groups (broad SMARTS) is 1. The number of hydrogen-bond acceptors (Lipinski definition) is 2. The summed E-state index contributed by atoms with van der Waals surface area (Å²) in [6.45, 7) is 4.05.